The average molecular weight is 338 g/mol. The molecule has 0 aliphatic rings. The number of hydrogen-bond acceptors (Lipinski definition) is 4. The first-order chi connectivity index (χ1) is 10.5. The van der Waals surface area contributed by atoms with E-state index in [1.165, 1.54) is 11.8 Å². The molecule has 0 aromatic heterocycles. The lowest BCUT2D eigenvalue weighted by molar-refractivity contribution is 0.1000. The highest BCUT2D eigenvalue weighted by Crippen LogP contribution is 2.40. The molecule has 2 N–H and O–H groups in total. The van der Waals surface area contributed by atoms with E-state index in [0.29, 0.717) is 22.1 Å². The summed E-state index contributed by atoms with van der Waals surface area (Å²) in [6.07, 6.45) is 0. The number of hydrogen-bond donors (Lipinski definition) is 1. The van der Waals surface area contributed by atoms with Gasteiger partial charge < -0.3 is 15.2 Å². The lowest BCUT2D eigenvalue weighted by Crippen LogP contribution is -2.10. The van der Waals surface area contributed by atoms with Gasteiger partial charge in [0.05, 0.1) is 19.2 Å². The van der Waals surface area contributed by atoms with Gasteiger partial charge in [0.1, 0.15) is 0 Å². The SMILES string of the molecule is COc1cc(Sc2ccc(C(N)=O)cc2Cl)cc(C)c1OC. The Morgan fingerprint density at radius 1 is 1.18 bits per heavy atom. The van der Waals surface area contributed by atoms with Gasteiger partial charge >= 0.3 is 0 Å². The molecule has 0 aliphatic heterocycles. The number of carbonyl (C=O) groups is 1. The summed E-state index contributed by atoms with van der Waals surface area (Å²) in [5.41, 5.74) is 6.59. The molecule has 2 aromatic carbocycles. The third-order valence-corrected chi connectivity index (χ3v) is 4.55. The second kappa shape index (κ2) is 6.94. The van der Waals surface area contributed by atoms with E-state index in [4.69, 9.17) is 26.8 Å². The Hall–Kier alpha value is -1.85. The minimum Gasteiger partial charge on any atom is -0.493 e. The predicted molar refractivity (Wildman–Crippen MR) is 88.4 cm³/mol. The van der Waals surface area contributed by atoms with E-state index in [-0.39, 0.29) is 0 Å². The van der Waals surface area contributed by atoms with E-state index in [1.54, 1.807) is 32.4 Å². The van der Waals surface area contributed by atoms with Crippen LogP contribution in [0.2, 0.25) is 5.02 Å². The standard InChI is InChI=1S/C16H16ClNO3S/c1-9-6-11(8-13(20-2)15(9)21-3)22-14-5-4-10(16(18)19)7-12(14)17/h4-8H,1-3H3,(H2,18,19). The summed E-state index contributed by atoms with van der Waals surface area (Å²) < 4.78 is 10.7. The zero-order chi connectivity index (χ0) is 16.3. The van der Waals surface area contributed by atoms with Gasteiger partial charge in [-0.25, -0.2) is 0 Å². The Labute approximate surface area is 138 Å². The number of amides is 1. The highest BCUT2D eigenvalue weighted by Gasteiger charge is 2.12. The molecule has 0 unspecified atom stereocenters. The van der Waals surface area contributed by atoms with Gasteiger partial charge in [-0.05, 0) is 42.8 Å². The van der Waals surface area contributed by atoms with Gasteiger partial charge in [0.15, 0.2) is 11.5 Å². The van der Waals surface area contributed by atoms with Crippen LogP contribution in [0.3, 0.4) is 0 Å². The zero-order valence-electron chi connectivity index (χ0n) is 12.5. The van der Waals surface area contributed by atoms with Crippen LogP contribution in [0.1, 0.15) is 15.9 Å². The van der Waals surface area contributed by atoms with Crippen molar-refractivity contribution in [2.75, 3.05) is 14.2 Å². The maximum Gasteiger partial charge on any atom is 0.248 e. The third kappa shape index (κ3) is 3.48. The van der Waals surface area contributed by atoms with Crippen LogP contribution in [0, 0.1) is 6.92 Å². The maximum absolute atomic E-state index is 11.1. The second-order valence-electron chi connectivity index (χ2n) is 4.59. The molecule has 116 valence electrons. The minimum absolute atomic E-state index is 0.387. The molecule has 1 amide bonds. The molecule has 4 nitrogen and oxygen atoms in total. The number of rotatable bonds is 5. The first-order valence-electron chi connectivity index (χ1n) is 6.46. The molecule has 0 saturated heterocycles. The van der Waals surface area contributed by atoms with Crippen LogP contribution in [0.5, 0.6) is 11.5 Å². The van der Waals surface area contributed by atoms with Crippen molar-refractivity contribution in [1.29, 1.82) is 0 Å². The van der Waals surface area contributed by atoms with Gasteiger partial charge in [0, 0.05) is 15.4 Å². The number of aryl methyl sites for hydroxylation is 1. The van der Waals surface area contributed by atoms with Crippen LogP contribution in [0.15, 0.2) is 40.1 Å². The first-order valence-corrected chi connectivity index (χ1v) is 7.65. The van der Waals surface area contributed by atoms with Crippen LogP contribution < -0.4 is 15.2 Å². The van der Waals surface area contributed by atoms with Gasteiger partial charge in [0.2, 0.25) is 5.91 Å². The van der Waals surface area contributed by atoms with E-state index >= 15 is 0 Å². The fourth-order valence-corrected chi connectivity index (χ4v) is 3.29. The number of carbonyl (C=O) groups excluding carboxylic acids is 1. The molecule has 0 aliphatic carbocycles. The summed E-state index contributed by atoms with van der Waals surface area (Å²) in [5, 5.41) is 0.480. The van der Waals surface area contributed by atoms with Gasteiger partial charge in [0.25, 0.3) is 0 Å². The third-order valence-electron chi connectivity index (χ3n) is 3.08. The van der Waals surface area contributed by atoms with Gasteiger partial charge in [-0.1, -0.05) is 23.4 Å². The highest BCUT2D eigenvalue weighted by molar-refractivity contribution is 7.99. The van der Waals surface area contributed by atoms with Crippen LogP contribution in [0.25, 0.3) is 0 Å². The van der Waals surface area contributed by atoms with Crippen molar-refractivity contribution in [1.82, 2.24) is 0 Å². The van der Waals surface area contributed by atoms with Crippen molar-refractivity contribution in [3.8, 4) is 11.5 Å². The van der Waals surface area contributed by atoms with Crippen molar-refractivity contribution in [2.45, 2.75) is 16.7 Å². The maximum atomic E-state index is 11.1. The molecule has 0 fully saturated rings. The highest BCUT2D eigenvalue weighted by atomic mass is 35.5. The molecule has 0 atom stereocenters. The zero-order valence-corrected chi connectivity index (χ0v) is 14.0. The smallest absolute Gasteiger partial charge is 0.248 e. The summed E-state index contributed by atoms with van der Waals surface area (Å²) >= 11 is 7.69. The Bertz CT molecular complexity index is 719. The molecule has 0 spiro atoms. The van der Waals surface area contributed by atoms with Crippen molar-refractivity contribution < 1.29 is 14.3 Å². The number of benzene rings is 2. The summed E-state index contributed by atoms with van der Waals surface area (Å²) in [5.74, 6) is 0.873. The Morgan fingerprint density at radius 3 is 2.45 bits per heavy atom. The number of ether oxygens (including phenoxy) is 2. The number of nitrogens with two attached hydrogens (primary N) is 1. The van der Waals surface area contributed by atoms with Crippen LogP contribution in [-0.2, 0) is 0 Å². The Balaban J connectivity index is 2.35. The van der Waals surface area contributed by atoms with Crippen LogP contribution in [0.4, 0.5) is 0 Å². The largest absolute Gasteiger partial charge is 0.493 e. The van der Waals surface area contributed by atoms with Crippen LogP contribution >= 0.6 is 23.4 Å². The van der Waals surface area contributed by atoms with Gasteiger partial charge in [-0.3, -0.25) is 4.79 Å². The van der Waals surface area contributed by atoms with Crippen LogP contribution in [-0.4, -0.2) is 20.1 Å². The molecule has 0 bridgehead atoms. The summed E-state index contributed by atoms with van der Waals surface area (Å²) in [7, 11) is 3.21. The summed E-state index contributed by atoms with van der Waals surface area (Å²) in [4.78, 5) is 12.9. The van der Waals surface area contributed by atoms with E-state index in [2.05, 4.69) is 0 Å². The minimum atomic E-state index is -0.500. The quantitative estimate of drug-likeness (QED) is 0.898. The predicted octanol–water partition coefficient (Wildman–Crippen LogP) is 3.92. The van der Waals surface area contributed by atoms with Gasteiger partial charge in [-0.15, -0.1) is 0 Å². The Morgan fingerprint density at radius 2 is 1.91 bits per heavy atom. The lowest BCUT2D eigenvalue weighted by Gasteiger charge is -2.13. The monoisotopic (exact) mass is 337 g/mol. The average Bonchev–Trinajstić information content (AvgIpc) is 2.48. The van der Waals surface area contributed by atoms with Crippen molar-refractivity contribution in [2.24, 2.45) is 5.73 Å². The molecule has 0 saturated carbocycles. The topological polar surface area (TPSA) is 61.5 Å². The fraction of sp³-hybridized carbons (Fsp3) is 0.188. The van der Waals surface area contributed by atoms with Crippen molar-refractivity contribution >= 4 is 29.3 Å². The number of methoxy groups -OCH3 is 2. The molecule has 0 radical (unpaired) electrons. The summed E-state index contributed by atoms with van der Waals surface area (Å²) in [6.45, 7) is 1.95. The molecule has 2 rings (SSSR count). The van der Waals surface area contributed by atoms with Gasteiger partial charge in [-0.2, -0.15) is 0 Å². The summed E-state index contributed by atoms with van der Waals surface area (Å²) in [6, 6.07) is 8.88. The second-order valence-corrected chi connectivity index (χ2v) is 6.11. The normalized spacial score (nSPS) is 10.4. The molecule has 22 heavy (non-hydrogen) atoms. The first kappa shape index (κ1) is 16.5. The van der Waals surface area contributed by atoms with Crippen molar-refractivity contribution in [3.63, 3.8) is 0 Å². The number of halogens is 1. The Kier molecular flexibility index (Phi) is 5.21. The molecular weight excluding hydrogens is 322 g/mol. The molecule has 6 heteroatoms. The van der Waals surface area contributed by atoms with E-state index < -0.39 is 5.91 Å². The fourth-order valence-electron chi connectivity index (χ4n) is 2.05. The van der Waals surface area contributed by atoms with E-state index in [0.717, 1.165) is 15.4 Å². The van der Waals surface area contributed by atoms with E-state index in [1.807, 2.05) is 19.1 Å². The molecular formula is C16H16ClNO3S. The lowest BCUT2D eigenvalue weighted by atomic mass is 10.2. The van der Waals surface area contributed by atoms with E-state index in [9.17, 15) is 4.79 Å². The number of primary amides is 1. The molecule has 2 aromatic rings. The van der Waals surface area contributed by atoms with Crippen molar-refractivity contribution in [3.05, 3.63) is 46.5 Å². The molecule has 0 heterocycles.